The normalized spacial score (nSPS) is 20.6. The monoisotopic (exact) mass is 375 g/mol. The summed E-state index contributed by atoms with van der Waals surface area (Å²) in [5.41, 5.74) is 2.76. The van der Waals surface area contributed by atoms with Crippen molar-refractivity contribution >= 4 is 23.6 Å². The standard InChI is InChI=1S/C16H20F3N3O2S/c1-15(14(20)24,10-3-2-4-11(7-10)16(17,18)19)22-13(23)8-12-9-25-6-5-21-12/h2-4,7,12,21H,5-6,8-9H2,1H3,(H2,20,24)(H,22,23). The molecule has 1 aliphatic heterocycles. The average molecular weight is 375 g/mol. The summed E-state index contributed by atoms with van der Waals surface area (Å²) in [7, 11) is 0. The first-order chi connectivity index (χ1) is 11.6. The van der Waals surface area contributed by atoms with Crippen LogP contribution < -0.4 is 16.4 Å². The number of thioether (sulfide) groups is 1. The molecule has 2 rings (SSSR count). The fraction of sp³-hybridized carbons (Fsp3) is 0.500. The number of nitrogens with one attached hydrogen (secondary N) is 2. The largest absolute Gasteiger partial charge is 0.416 e. The predicted octanol–water partition coefficient (Wildman–Crippen LogP) is 1.62. The minimum atomic E-state index is -4.55. The summed E-state index contributed by atoms with van der Waals surface area (Å²) in [4.78, 5) is 24.2. The molecule has 1 fully saturated rings. The Kier molecular flexibility index (Phi) is 5.99. The number of benzene rings is 1. The summed E-state index contributed by atoms with van der Waals surface area (Å²) in [5, 5.41) is 5.69. The van der Waals surface area contributed by atoms with Crippen LogP contribution in [0.2, 0.25) is 0 Å². The number of alkyl halides is 3. The van der Waals surface area contributed by atoms with Gasteiger partial charge in [0, 0.05) is 30.5 Å². The molecule has 4 N–H and O–H groups in total. The van der Waals surface area contributed by atoms with Crippen molar-refractivity contribution in [2.24, 2.45) is 5.73 Å². The van der Waals surface area contributed by atoms with E-state index in [0.29, 0.717) is 0 Å². The number of hydrogen-bond donors (Lipinski definition) is 3. The maximum atomic E-state index is 12.9. The van der Waals surface area contributed by atoms with Gasteiger partial charge in [-0.05, 0) is 24.6 Å². The third kappa shape index (κ3) is 4.88. The molecule has 0 aliphatic carbocycles. The molecule has 0 aromatic heterocycles. The Bertz CT molecular complexity index is 648. The Morgan fingerprint density at radius 3 is 2.60 bits per heavy atom. The van der Waals surface area contributed by atoms with Gasteiger partial charge < -0.3 is 16.4 Å². The van der Waals surface area contributed by atoms with E-state index in [1.54, 1.807) is 11.8 Å². The second-order valence-corrected chi connectivity index (χ2v) is 7.20. The fourth-order valence-corrected chi connectivity index (χ4v) is 3.54. The zero-order chi connectivity index (χ0) is 18.7. The van der Waals surface area contributed by atoms with Gasteiger partial charge in [-0.25, -0.2) is 0 Å². The molecule has 1 aromatic rings. The molecule has 2 atom stereocenters. The van der Waals surface area contributed by atoms with Gasteiger partial charge in [0.25, 0.3) is 0 Å². The lowest BCUT2D eigenvalue weighted by molar-refractivity contribution is -0.138. The summed E-state index contributed by atoms with van der Waals surface area (Å²) < 4.78 is 38.7. The first kappa shape index (κ1) is 19.6. The minimum Gasteiger partial charge on any atom is -0.367 e. The van der Waals surface area contributed by atoms with Gasteiger partial charge in [-0.15, -0.1) is 0 Å². The maximum Gasteiger partial charge on any atom is 0.416 e. The second kappa shape index (κ2) is 7.65. The minimum absolute atomic E-state index is 0.00541. The number of hydrogen-bond acceptors (Lipinski definition) is 4. The molecule has 1 aromatic carbocycles. The highest BCUT2D eigenvalue weighted by Crippen LogP contribution is 2.32. The van der Waals surface area contributed by atoms with E-state index in [-0.39, 0.29) is 18.0 Å². The third-order valence-corrected chi connectivity index (χ3v) is 5.21. The predicted molar refractivity (Wildman–Crippen MR) is 89.9 cm³/mol. The van der Waals surface area contributed by atoms with E-state index in [9.17, 15) is 22.8 Å². The number of carbonyl (C=O) groups excluding carboxylic acids is 2. The first-order valence-electron chi connectivity index (χ1n) is 7.72. The quantitative estimate of drug-likeness (QED) is 0.730. The Hall–Kier alpha value is -1.74. The van der Waals surface area contributed by atoms with E-state index in [1.807, 2.05) is 0 Å². The van der Waals surface area contributed by atoms with Crippen molar-refractivity contribution < 1.29 is 22.8 Å². The first-order valence-corrected chi connectivity index (χ1v) is 8.88. The molecular weight excluding hydrogens is 355 g/mol. The van der Waals surface area contributed by atoms with Crippen molar-refractivity contribution in [2.45, 2.75) is 31.1 Å². The zero-order valence-corrected chi connectivity index (χ0v) is 14.5. The van der Waals surface area contributed by atoms with E-state index in [4.69, 9.17) is 5.73 Å². The number of carbonyl (C=O) groups is 2. The molecule has 25 heavy (non-hydrogen) atoms. The molecule has 1 heterocycles. The third-order valence-electron chi connectivity index (χ3n) is 4.08. The Balaban J connectivity index is 2.20. The zero-order valence-electron chi connectivity index (χ0n) is 13.7. The molecule has 2 amide bonds. The van der Waals surface area contributed by atoms with Gasteiger partial charge in [-0.3, -0.25) is 9.59 Å². The molecular formula is C16H20F3N3O2S. The van der Waals surface area contributed by atoms with Crippen LogP contribution in [-0.2, 0) is 21.3 Å². The van der Waals surface area contributed by atoms with Gasteiger partial charge in [0.05, 0.1) is 5.56 Å². The van der Waals surface area contributed by atoms with Crippen LogP contribution in [0.4, 0.5) is 13.2 Å². The summed E-state index contributed by atoms with van der Waals surface area (Å²) >= 11 is 1.71. The number of halogens is 3. The van der Waals surface area contributed by atoms with E-state index in [2.05, 4.69) is 10.6 Å². The van der Waals surface area contributed by atoms with Gasteiger partial charge in [-0.2, -0.15) is 24.9 Å². The van der Waals surface area contributed by atoms with Crippen LogP contribution in [0, 0.1) is 0 Å². The van der Waals surface area contributed by atoms with Crippen molar-refractivity contribution in [3.63, 3.8) is 0 Å². The topological polar surface area (TPSA) is 84.2 Å². The molecule has 2 unspecified atom stereocenters. The van der Waals surface area contributed by atoms with E-state index < -0.39 is 29.1 Å². The lowest BCUT2D eigenvalue weighted by Crippen LogP contribution is -2.54. The van der Waals surface area contributed by atoms with Crippen molar-refractivity contribution in [1.29, 1.82) is 0 Å². The molecule has 1 saturated heterocycles. The second-order valence-electron chi connectivity index (χ2n) is 6.05. The number of rotatable bonds is 5. The molecule has 0 saturated carbocycles. The number of amides is 2. The lowest BCUT2D eigenvalue weighted by Gasteiger charge is -2.30. The van der Waals surface area contributed by atoms with Crippen molar-refractivity contribution in [2.75, 3.05) is 18.1 Å². The Morgan fingerprint density at radius 1 is 1.36 bits per heavy atom. The summed E-state index contributed by atoms with van der Waals surface area (Å²) in [6.45, 7) is 2.09. The highest BCUT2D eigenvalue weighted by Gasteiger charge is 2.38. The summed E-state index contributed by atoms with van der Waals surface area (Å²) in [6, 6.07) is 4.22. The molecule has 0 bridgehead atoms. The van der Waals surface area contributed by atoms with Crippen LogP contribution in [-0.4, -0.2) is 35.9 Å². The van der Waals surface area contributed by atoms with Crippen LogP contribution in [0.1, 0.15) is 24.5 Å². The lowest BCUT2D eigenvalue weighted by atomic mass is 9.89. The van der Waals surface area contributed by atoms with E-state index >= 15 is 0 Å². The highest BCUT2D eigenvalue weighted by atomic mass is 32.2. The smallest absolute Gasteiger partial charge is 0.367 e. The SMILES string of the molecule is CC(NC(=O)CC1CSCCN1)(C(N)=O)c1cccc(C(F)(F)F)c1. The highest BCUT2D eigenvalue weighted by molar-refractivity contribution is 7.99. The fourth-order valence-electron chi connectivity index (χ4n) is 2.59. The molecule has 1 aliphatic rings. The van der Waals surface area contributed by atoms with Crippen molar-refractivity contribution in [3.8, 4) is 0 Å². The van der Waals surface area contributed by atoms with E-state index in [1.165, 1.54) is 19.1 Å². The van der Waals surface area contributed by atoms with Gasteiger partial charge in [-0.1, -0.05) is 12.1 Å². The molecule has 5 nitrogen and oxygen atoms in total. The van der Waals surface area contributed by atoms with Crippen LogP contribution in [0.3, 0.4) is 0 Å². The van der Waals surface area contributed by atoms with Gasteiger partial charge >= 0.3 is 6.18 Å². The number of primary amides is 1. The maximum absolute atomic E-state index is 12.9. The average Bonchev–Trinajstić information content (AvgIpc) is 2.54. The summed E-state index contributed by atoms with van der Waals surface area (Å²) in [6.07, 6.45) is -4.43. The summed E-state index contributed by atoms with van der Waals surface area (Å²) in [5.74, 6) is 0.343. The van der Waals surface area contributed by atoms with Crippen LogP contribution in [0.15, 0.2) is 24.3 Å². The van der Waals surface area contributed by atoms with Crippen molar-refractivity contribution in [3.05, 3.63) is 35.4 Å². The van der Waals surface area contributed by atoms with Gasteiger partial charge in [0.15, 0.2) is 0 Å². The van der Waals surface area contributed by atoms with Crippen LogP contribution >= 0.6 is 11.8 Å². The van der Waals surface area contributed by atoms with Crippen LogP contribution in [0.25, 0.3) is 0 Å². The molecule has 9 heteroatoms. The van der Waals surface area contributed by atoms with Gasteiger partial charge in [0.1, 0.15) is 5.54 Å². The Morgan fingerprint density at radius 2 is 2.04 bits per heavy atom. The number of nitrogens with two attached hydrogens (primary N) is 1. The van der Waals surface area contributed by atoms with Crippen molar-refractivity contribution in [1.82, 2.24) is 10.6 Å². The molecule has 0 spiro atoms. The van der Waals surface area contributed by atoms with Crippen LogP contribution in [0.5, 0.6) is 0 Å². The van der Waals surface area contributed by atoms with E-state index in [0.717, 1.165) is 30.2 Å². The Labute approximate surface area is 147 Å². The molecule has 138 valence electrons. The van der Waals surface area contributed by atoms with Gasteiger partial charge in [0.2, 0.25) is 11.8 Å². The molecule has 0 radical (unpaired) electrons.